The monoisotopic (exact) mass is 222 g/mol. The Labute approximate surface area is 99.0 Å². The van der Waals surface area contributed by atoms with Crippen LogP contribution >= 0.6 is 0 Å². The Morgan fingerprint density at radius 3 is 2.65 bits per heavy atom. The molecule has 0 saturated heterocycles. The molecule has 2 aliphatic carbocycles. The van der Waals surface area contributed by atoms with Gasteiger partial charge in [-0.15, -0.1) is 0 Å². The summed E-state index contributed by atoms with van der Waals surface area (Å²) in [5.41, 5.74) is 2.78. The van der Waals surface area contributed by atoms with Crippen molar-refractivity contribution in [3.8, 4) is 0 Å². The number of carbonyl (C=O) groups excluding carboxylic acids is 2. The van der Waals surface area contributed by atoms with Crippen LogP contribution in [0.25, 0.3) is 6.08 Å². The molecular weight excluding hydrogens is 212 g/mol. The third-order valence-corrected chi connectivity index (χ3v) is 3.12. The number of ketones is 2. The molecule has 2 aliphatic rings. The predicted molar refractivity (Wildman–Crippen MR) is 65.5 cm³/mol. The minimum absolute atomic E-state index is 0.0732. The van der Waals surface area contributed by atoms with Crippen molar-refractivity contribution in [1.29, 1.82) is 0 Å². The lowest BCUT2D eigenvalue weighted by atomic mass is 9.87. The highest BCUT2D eigenvalue weighted by molar-refractivity contribution is 6.18. The quantitative estimate of drug-likeness (QED) is 0.684. The molecule has 0 amide bonds. The van der Waals surface area contributed by atoms with E-state index >= 15 is 0 Å². The molecule has 2 heteroatoms. The van der Waals surface area contributed by atoms with Gasteiger partial charge in [0.05, 0.1) is 0 Å². The van der Waals surface area contributed by atoms with Gasteiger partial charge in [0.25, 0.3) is 0 Å². The average Bonchev–Trinajstić information content (AvgIpc) is 2.76. The molecule has 0 aliphatic heterocycles. The van der Waals surface area contributed by atoms with Crippen LogP contribution in [-0.2, 0) is 9.59 Å². The van der Waals surface area contributed by atoms with E-state index in [9.17, 15) is 9.59 Å². The highest BCUT2D eigenvalue weighted by atomic mass is 16.1. The van der Waals surface area contributed by atoms with Crippen LogP contribution in [0.3, 0.4) is 0 Å². The molecule has 3 rings (SSSR count). The second-order valence-electron chi connectivity index (χ2n) is 4.17. The molecule has 82 valence electrons. The first-order chi connectivity index (χ1) is 8.25. The summed E-state index contributed by atoms with van der Waals surface area (Å²) in [7, 11) is 0. The topological polar surface area (TPSA) is 34.1 Å². The van der Waals surface area contributed by atoms with E-state index in [0.29, 0.717) is 5.57 Å². The van der Waals surface area contributed by atoms with Gasteiger partial charge in [-0.1, -0.05) is 36.4 Å². The van der Waals surface area contributed by atoms with Gasteiger partial charge in [0.15, 0.2) is 11.6 Å². The molecule has 0 radical (unpaired) electrons. The lowest BCUT2D eigenvalue weighted by molar-refractivity contribution is -0.114. The first kappa shape index (κ1) is 9.97. The SMILES string of the molecule is O=C1C=CC(=O)C(C2C=Cc3ccccc32)=C1. The van der Waals surface area contributed by atoms with E-state index < -0.39 is 0 Å². The molecular formula is C15H10O2. The van der Waals surface area contributed by atoms with E-state index in [0.717, 1.165) is 11.1 Å². The van der Waals surface area contributed by atoms with Crippen LogP contribution in [0.5, 0.6) is 0 Å². The molecule has 0 bridgehead atoms. The van der Waals surface area contributed by atoms with Gasteiger partial charge in [-0.3, -0.25) is 9.59 Å². The van der Waals surface area contributed by atoms with E-state index in [4.69, 9.17) is 0 Å². The Morgan fingerprint density at radius 1 is 0.941 bits per heavy atom. The fourth-order valence-electron chi connectivity index (χ4n) is 2.29. The second kappa shape index (κ2) is 3.67. The third kappa shape index (κ3) is 1.58. The van der Waals surface area contributed by atoms with E-state index in [1.165, 1.54) is 18.2 Å². The third-order valence-electron chi connectivity index (χ3n) is 3.12. The van der Waals surface area contributed by atoms with Crippen molar-refractivity contribution >= 4 is 17.6 Å². The molecule has 1 unspecified atom stereocenters. The van der Waals surface area contributed by atoms with Crippen LogP contribution in [0, 0.1) is 0 Å². The predicted octanol–water partition coefficient (Wildman–Crippen LogP) is 2.43. The molecule has 0 spiro atoms. The van der Waals surface area contributed by atoms with Crippen molar-refractivity contribution in [2.45, 2.75) is 5.92 Å². The fourth-order valence-corrected chi connectivity index (χ4v) is 2.29. The minimum Gasteiger partial charge on any atom is -0.290 e. The van der Waals surface area contributed by atoms with E-state index in [2.05, 4.69) is 0 Å². The maximum atomic E-state index is 11.8. The average molecular weight is 222 g/mol. The first-order valence-electron chi connectivity index (χ1n) is 5.51. The number of allylic oxidation sites excluding steroid dienone is 5. The smallest absolute Gasteiger partial charge is 0.183 e. The second-order valence-corrected chi connectivity index (χ2v) is 4.17. The van der Waals surface area contributed by atoms with Crippen LogP contribution < -0.4 is 0 Å². The summed E-state index contributed by atoms with van der Waals surface area (Å²) in [6, 6.07) is 7.92. The number of hydrogen-bond donors (Lipinski definition) is 0. The van der Waals surface area contributed by atoms with Gasteiger partial charge < -0.3 is 0 Å². The normalized spacial score (nSPS) is 21.6. The molecule has 0 heterocycles. The van der Waals surface area contributed by atoms with Gasteiger partial charge in [0, 0.05) is 11.5 Å². The Morgan fingerprint density at radius 2 is 1.76 bits per heavy atom. The lowest BCUT2D eigenvalue weighted by Crippen LogP contribution is -2.13. The van der Waals surface area contributed by atoms with E-state index in [1.54, 1.807) is 0 Å². The summed E-state index contributed by atoms with van der Waals surface area (Å²) in [6.07, 6.45) is 8.08. The van der Waals surface area contributed by atoms with Gasteiger partial charge in [-0.25, -0.2) is 0 Å². The number of carbonyl (C=O) groups is 2. The summed E-state index contributed by atoms with van der Waals surface area (Å²) in [5.74, 6) is -0.263. The largest absolute Gasteiger partial charge is 0.290 e. The molecule has 0 fully saturated rings. The highest BCUT2D eigenvalue weighted by Crippen LogP contribution is 2.36. The van der Waals surface area contributed by atoms with Gasteiger partial charge in [0.2, 0.25) is 0 Å². The van der Waals surface area contributed by atoms with Crippen molar-refractivity contribution < 1.29 is 9.59 Å². The molecule has 17 heavy (non-hydrogen) atoms. The Balaban J connectivity index is 2.06. The summed E-state index contributed by atoms with van der Waals surface area (Å²) >= 11 is 0. The Hall–Kier alpha value is -2.22. The van der Waals surface area contributed by atoms with Crippen LogP contribution in [0.2, 0.25) is 0 Å². The summed E-state index contributed by atoms with van der Waals surface area (Å²) in [6.45, 7) is 0. The van der Waals surface area contributed by atoms with Crippen molar-refractivity contribution in [1.82, 2.24) is 0 Å². The molecule has 1 aromatic carbocycles. The molecule has 0 N–H and O–H groups in total. The van der Waals surface area contributed by atoms with Gasteiger partial charge in [-0.05, 0) is 29.4 Å². The zero-order chi connectivity index (χ0) is 11.8. The Kier molecular flexibility index (Phi) is 2.15. The summed E-state index contributed by atoms with van der Waals surface area (Å²) in [5, 5.41) is 0. The number of rotatable bonds is 1. The number of fused-ring (bicyclic) bond motifs is 1. The van der Waals surface area contributed by atoms with Gasteiger partial charge in [0.1, 0.15) is 0 Å². The van der Waals surface area contributed by atoms with Crippen LogP contribution in [0.1, 0.15) is 17.0 Å². The van der Waals surface area contributed by atoms with Crippen LogP contribution in [-0.4, -0.2) is 11.6 Å². The van der Waals surface area contributed by atoms with Crippen molar-refractivity contribution in [3.05, 3.63) is 65.3 Å². The van der Waals surface area contributed by atoms with Crippen molar-refractivity contribution in [2.24, 2.45) is 0 Å². The Bertz CT molecular complexity index is 603. The maximum Gasteiger partial charge on any atom is 0.183 e. The summed E-state index contributed by atoms with van der Waals surface area (Å²) < 4.78 is 0. The first-order valence-corrected chi connectivity index (χ1v) is 5.51. The van der Waals surface area contributed by atoms with Crippen LogP contribution in [0.15, 0.2) is 54.1 Å². The highest BCUT2D eigenvalue weighted by Gasteiger charge is 2.26. The van der Waals surface area contributed by atoms with Crippen molar-refractivity contribution in [3.63, 3.8) is 0 Å². The van der Waals surface area contributed by atoms with Gasteiger partial charge in [-0.2, -0.15) is 0 Å². The number of hydrogen-bond acceptors (Lipinski definition) is 2. The standard InChI is InChI=1S/C15H10O2/c16-11-6-8-15(17)14(9-11)13-7-5-10-3-1-2-4-12(10)13/h1-9,13H. The molecule has 0 aromatic heterocycles. The fraction of sp³-hybridized carbons (Fsp3) is 0.0667. The zero-order valence-electron chi connectivity index (χ0n) is 9.09. The van der Waals surface area contributed by atoms with E-state index in [1.807, 2.05) is 36.4 Å². The molecule has 0 saturated carbocycles. The summed E-state index contributed by atoms with van der Waals surface area (Å²) in [4.78, 5) is 23.1. The van der Waals surface area contributed by atoms with Crippen LogP contribution in [0.4, 0.5) is 0 Å². The van der Waals surface area contributed by atoms with Crippen molar-refractivity contribution in [2.75, 3.05) is 0 Å². The number of benzene rings is 1. The van der Waals surface area contributed by atoms with Gasteiger partial charge >= 0.3 is 0 Å². The minimum atomic E-state index is -0.114. The maximum absolute atomic E-state index is 11.8. The van der Waals surface area contributed by atoms with E-state index in [-0.39, 0.29) is 17.5 Å². The zero-order valence-corrected chi connectivity index (χ0v) is 9.09. The molecule has 1 atom stereocenters. The lowest BCUT2D eigenvalue weighted by Gasteiger charge is -2.14. The molecule has 2 nitrogen and oxygen atoms in total. The molecule has 1 aromatic rings.